The van der Waals surface area contributed by atoms with Crippen LogP contribution in [0.15, 0.2) is 22.7 Å². The third-order valence-corrected chi connectivity index (χ3v) is 3.69. The van der Waals surface area contributed by atoms with Crippen molar-refractivity contribution in [1.82, 2.24) is 5.32 Å². The number of alkyl halides is 1. The molecule has 18 heavy (non-hydrogen) atoms. The van der Waals surface area contributed by atoms with Gasteiger partial charge >= 0.3 is 0 Å². The fourth-order valence-corrected chi connectivity index (χ4v) is 2.10. The molecular formula is C12H15Br2NO3. The summed E-state index contributed by atoms with van der Waals surface area (Å²) in [6.45, 7) is 1.16. The van der Waals surface area contributed by atoms with E-state index in [9.17, 15) is 9.90 Å². The monoisotopic (exact) mass is 379 g/mol. The number of amides is 1. The average Bonchev–Trinajstić information content (AvgIpc) is 2.33. The van der Waals surface area contributed by atoms with Crippen molar-refractivity contribution in [3.63, 3.8) is 0 Å². The Bertz CT molecular complexity index is 412. The Morgan fingerprint density at radius 2 is 2.28 bits per heavy atom. The summed E-state index contributed by atoms with van der Waals surface area (Å²) < 4.78 is 5.55. The first-order valence-corrected chi connectivity index (χ1v) is 7.15. The highest BCUT2D eigenvalue weighted by Gasteiger charge is 2.09. The molecule has 1 aromatic rings. The zero-order valence-electron chi connectivity index (χ0n) is 9.95. The minimum absolute atomic E-state index is 0.0559. The van der Waals surface area contributed by atoms with Gasteiger partial charge in [0.25, 0.3) is 5.91 Å². The highest BCUT2D eigenvalue weighted by molar-refractivity contribution is 9.10. The molecule has 1 unspecified atom stereocenters. The molecule has 0 aliphatic rings. The van der Waals surface area contributed by atoms with E-state index in [2.05, 4.69) is 37.2 Å². The number of aromatic hydroxyl groups is 1. The van der Waals surface area contributed by atoms with Gasteiger partial charge in [-0.2, -0.15) is 0 Å². The lowest BCUT2D eigenvalue weighted by Crippen LogP contribution is -2.26. The second-order valence-electron chi connectivity index (χ2n) is 3.76. The van der Waals surface area contributed by atoms with E-state index in [1.807, 2.05) is 0 Å². The average molecular weight is 381 g/mol. The van der Waals surface area contributed by atoms with Crippen molar-refractivity contribution in [3.8, 4) is 5.75 Å². The number of halogens is 2. The molecule has 1 atom stereocenters. The first kappa shape index (κ1) is 15.5. The van der Waals surface area contributed by atoms with Gasteiger partial charge in [-0.1, -0.05) is 15.9 Å². The number of rotatable bonds is 6. The van der Waals surface area contributed by atoms with E-state index in [-0.39, 0.29) is 16.5 Å². The number of benzene rings is 1. The summed E-state index contributed by atoms with van der Waals surface area (Å²) in [5.74, 6) is -0.143. The van der Waals surface area contributed by atoms with Gasteiger partial charge in [0.05, 0.1) is 11.1 Å². The predicted octanol–water partition coefficient (Wildman–Crippen LogP) is 2.68. The first-order valence-electron chi connectivity index (χ1n) is 5.44. The van der Waals surface area contributed by atoms with Crippen LogP contribution in [-0.4, -0.2) is 36.1 Å². The van der Waals surface area contributed by atoms with Crippen LogP contribution in [0.4, 0.5) is 0 Å². The van der Waals surface area contributed by atoms with Crippen molar-refractivity contribution in [2.24, 2.45) is 0 Å². The standard InChI is InChI=1S/C12H15Br2NO3/c1-18-7-9(13)4-5-15-12(17)8-2-3-10(14)11(16)6-8/h2-3,6,9,16H,4-5,7H2,1H3,(H,15,17). The summed E-state index contributed by atoms with van der Waals surface area (Å²) in [5, 5.41) is 12.3. The van der Waals surface area contributed by atoms with Crippen LogP contribution in [0.5, 0.6) is 5.75 Å². The predicted molar refractivity (Wildman–Crippen MR) is 77.3 cm³/mol. The summed E-state index contributed by atoms with van der Waals surface area (Å²) in [5.41, 5.74) is 0.438. The Labute approximate surface area is 123 Å². The van der Waals surface area contributed by atoms with Gasteiger partial charge in [-0.15, -0.1) is 0 Å². The minimum atomic E-state index is -0.199. The van der Waals surface area contributed by atoms with Crippen molar-refractivity contribution in [2.75, 3.05) is 20.3 Å². The number of nitrogens with one attached hydrogen (secondary N) is 1. The number of phenolic OH excluding ortho intramolecular Hbond substituents is 1. The van der Waals surface area contributed by atoms with Crippen molar-refractivity contribution in [2.45, 2.75) is 11.2 Å². The number of ether oxygens (including phenoxy) is 1. The SMILES string of the molecule is COCC(Br)CCNC(=O)c1ccc(Br)c(O)c1. The second kappa shape index (κ2) is 7.76. The first-order chi connectivity index (χ1) is 8.54. The molecule has 0 spiro atoms. The van der Waals surface area contributed by atoms with Crippen LogP contribution in [0.3, 0.4) is 0 Å². The molecule has 0 saturated carbocycles. The third kappa shape index (κ3) is 4.96. The van der Waals surface area contributed by atoms with E-state index in [1.165, 1.54) is 6.07 Å². The van der Waals surface area contributed by atoms with Gasteiger partial charge in [0.1, 0.15) is 5.75 Å². The summed E-state index contributed by atoms with van der Waals surface area (Å²) in [6.07, 6.45) is 0.780. The number of hydrogen-bond acceptors (Lipinski definition) is 3. The summed E-state index contributed by atoms with van der Waals surface area (Å²) in [6, 6.07) is 4.72. The van der Waals surface area contributed by atoms with E-state index in [0.29, 0.717) is 23.2 Å². The maximum absolute atomic E-state index is 11.8. The lowest BCUT2D eigenvalue weighted by Gasteiger charge is -2.09. The Balaban J connectivity index is 2.43. The number of phenols is 1. The van der Waals surface area contributed by atoms with Crippen LogP contribution in [-0.2, 0) is 4.74 Å². The van der Waals surface area contributed by atoms with Gasteiger partial charge in [-0.3, -0.25) is 4.79 Å². The number of carbonyl (C=O) groups excluding carboxylic acids is 1. The molecule has 0 fully saturated rings. The largest absolute Gasteiger partial charge is 0.507 e. The normalized spacial score (nSPS) is 12.2. The van der Waals surface area contributed by atoms with Crippen LogP contribution >= 0.6 is 31.9 Å². The molecule has 2 N–H and O–H groups in total. The van der Waals surface area contributed by atoms with Crippen molar-refractivity contribution < 1.29 is 14.6 Å². The summed E-state index contributed by atoms with van der Waals surface area (Å²) in [7, 11) is 1.64. The van der Waals surface area contributed by atoms with Crippen molar-refractivity contribution in [3.05, 3.63) is 28.2 Å². The van der Waals surface area contributed by atoms with Gasteiger partial charge in [0.15, 0.2) is 0 Å². The molecule has 1 amide bonds. The molecular weight excluding hydrogens is 366 g/mol. The minimum Gasteiger partial charge on any atom is -0.507 e. The fourth-order valence-electron chi connectivity index (χ4n) is 1.36. The second-order valence-corrected chi connectivity index (χ2v) is 5.91. The molecule has 4 nitrogen and oxygen atoms in total. The third-order valence-electron chi connectivity index (χ3n) is 2.30. The zero-order valence-corrected chi connectivity index (χ0v) is 13.1. The summed E-state index contributed by atoms with van der Waals surface area (Å²) in [4.78, 5) is 12.0. The van der Waals surface area contributed by atoms with Gasteiger partial charge in [-0.05, 0) is 40.5 Å². The van der Waals surface area contributed by atoms with Crippen LogP contribution in [0.2, 0.25) is 0 Å². The molecule has 0 saturated heterocycles. The summed E-state index contributed by atoms with van der Waals surface area (Å²) >= 11 is 6.61. The Hall–Kier alpha value is -0.590. The number of carbonyl (C=O) groups is 1. The van der Waals surface area contributed by atoms with Gasteiger partial charge in [-0.25, -0.2) is 0 Å². The molecule has 1 rings (SSSR count). The fraction of sp³-hybridized carbons (Fsp3) is 0.417. The maximum Gasteiger partial charge on any atom is 0.251 e. The number of hydrogen-bond donors (Lipinski definition) is 2. The van der Waals surface area contributed by atoms with E-state index in [0.717, 1.165) is 6.42 Å². The molecule has 1 aromatic carbocycles. The van der Waals surface area contributed by atoms with Crippen molar-refractivity contribution >= 4 is 37.8 Å². The Morgan fingerprint density at radius 1 is 1.56 bits per heavy atom. The van der Waals surface area contributed by atoms with Crippen LogP contribution < -0.4 is 5.32 Å². The van der Waals surface area contributed by atoms with E-state index in [1.54, 1.807) is 19.2 Å². The molecule has 0 aromatic heterocycles. The van der Waals surface area contributed by atoms with Gasteiger partial charge < -0.3 is 15.2 Å². The molecule has 6 heteroatoms. The molecule has 100 valence electrons. The zero-order chi connectivity index (χ0) is 13.5. The molecule has 0 radical (unpaired) electrons. The maximum atomic E-state index is 11.8. The lowest BCUT2D eigenvalue weighted by molar-refractivity contribution is 0.0951. The smallest absolute Gasteiger partial charge is 0.251 e. The van der Waals surface area contributed by atoms with E-state index in [4.69, 9.17) is 4.74 Å². The quantitative estimate of drug-likeness (QED) is 0.746. The molecule has 0 aliphatic heterocycles. The number of methoxy groups -OCH3 is 1. The van der Waals surface area contributed by atoms with E-state index < -0.39 is 0 Å². The van der Waals surface area contributed by atoms with Gasteiger partial charge in [0.2, 0.25) is 0 Å². The van der Waals surface area contributed by atoms with Gasteiger partial charge in [0, 0.05) is 24.0 Å². The molecule has 0 bridgehead atoms. The highest BCUT2D eigenvalue weighted by atomic mass is 79.9. The molecule has 0 aliphatic carbocycles. The lowest BCUT2D eigenvalue weighted by atomic mass is 10.2. The van der Waals surface area contributed by atoms with Crippen LogP contribution in [0, 0.1) is 0 Å². The van der Waals surface area contributed by atoms with Crippen LogP contribution in [0.25, 0.3) is 0 Å². The van der Waals surface area contributed by atoms with Crippen LogP contribution in [0.1, 0.15) is 16.8 Å². The Morgan fingerprint density at radius 3 is 2.89 bits per heavy atom. The Kier molecular flexibility index (Phi) is 6.67. The topological polar surface area (TPSA) is 58.6 Å². The van der Waals surface area contributed by atoms with Crippen molar-refractivity contribution in [1.29, 1.82) is 0 Å². The molecule has 0 heterocycles. The van der Waals surface area contributed by atoms with E-state index >= 15 is 0 Å². The highest BCUT2D eigenvalue weighted by Crippen LogP contribution is 2.24.